The third-order valence-corrected chi connectivity index (χ3v) is 2.00. The number of nitrogens with two attached hydrogens (primary N) is 1. The molecule has 1 amide bonds. The van der Waals surface area contributed by atoms with Crippen molar-refractivity contribution in [2.75, 3.05) is 19.5 Å². The minimum atomic E-state index is -0.169. The molecule has 4 nitrogen and oxygen atoms in total. The Morgan fingerprint density at radius 2 is 2.20 bits per heavy atom. The second kappa shape index (κ2) is 5.36. The average Bonchev–Trinajstić information content (AvgIpc) is 2.18. The molecule has 82 valence electrons. The summed E-state index contributed by atoms with van der Waals surface area (Å²) in [4.78, 5) is 11.7. The van der Waals surface area contributed by atoms with Gasteiger partial charge in [0.1, 0.15) is 0 Å². The number of rotatable bonds is 4. The smallest absolute Gasteiger partial charge is 0.253 e. The number of amides is 1. The maximum atomic E-state index is 11.7. The first kappa shape index (κ1) is 11.5. The van der Waals surface area contributed by atoms with Crippen LogP contribution in [0.15, 0.2) is 24.3 Å². The number of hydrogen-bond acceptors (Lipinski definition) is 3. The molecular formula is C11H16N2O2. The Bertz CT molecular complexity index is 339. The number of ether oxygens (including phenoxy) is 1. The Balaban J connectivity index is 2.65. The summed E-state index contributed by atoms with van der Waals surface area (Å²) in [6.45, 7) is 2.36. The summed E-state index contributed by atoms with van der Waals surface area (Å²) in [5, 5.41) is 2.79. The highest BCUT2D eigenvalue weighted by atomic mass is 16.5. The summed E-state index contributed by atoms with van der Waals surface area (Å²) in [5.41, 5.74) is 6.67. The maximum Gasteiger partial charge on any atom is 0.253 e. The lowest BCUT2D eigenvalue weighted by Crippen LogP contribution is -2.35. The Kier molecular flexibility index (Phi) is 4.12. The zero-order valence-electron chi connectivity index (χ0n) is 8.99. The largest absolute Gasteiger partial charge is 0.398 e. The van der Waals surface area contributed by atoms with Gasteiger partial charge in [-0.05, 0) is 19.1 Å². The molecule has 0 aliphatic heterocycles. The number of methoxy groups -OCH3 is 1. The van der Waals surface area contributed by atoms with Gasteiger partial charge in [0.15, 0.2) is 0 Å². The molecule has 1 aromatic rings. The second-order valence-corrected chi connectivity index (χ2v) is 3.42. The summed E-state index contributed by atoms with van der Waals surface area (Å²) in [7, 11) is 1.60. The molecule has 3 N–H and O–H groups in total. The van der Waals surface area contributed by atoms with E-state index in [0.29, 0.717) is 17.9 Å². The molecule has 1 rings (SSSR count). The van der Waals surface area contributed by atoms with E-state index in [9.17, 15) is 4.79 Å². The summed E-state index contributed by atoms with van der Waals surface area (Å²) in [6, 6.07) is 6.96. The minimum Gasteiger partial charge on any atom is -0.398 e. The molecule has 0 aliphatic rings. The summed E-state index contributed by atoms with van der Waals surface area (Å²) in [5.74, 6) is -0.169. The highest BCUT2D eigenvalue weighted by molar-refractivity contribution is 5.99. The van der Waals surface area contributed by atoms with Gasteiger partial charge >= 0.3 is 0 Å². The average molecular weight is 208 g/mol. The summed E-state index contributed by atoms with van der Waals surface area (Å²) in [6.07, 6.45) is 0. The molecule has 1 aromatic carbocycles. The molecule has 1 atom stereocenters. The van der Waals surface area contributed by atoms with Crippen molar-refractivity contribution in [1.29, 1.82) is 0 Å². The SMILES string of the molecule is COC[C@@H](C)NC(=O)c1ccccc1N. The van der Waals surface area contributed by atoms with Gasteiger partial charge in [0, 0.05) is 18.8 Å². The molecule has 0 spiro atoms. The fourth-order valence-electron chi connectivity index (χ4n) is 1.30. The summed E-state index contributed by atoms with van der Waals surface area (Å²) >= 11 is 0. The van der Waals surface area contributed by atoms with E-state index in [-0.39, 0.29) is 11.9 Å². The standard InChI is InChI=1S/C11H16N2O2/c1-8(7-15-2)13-11(14)9-5-3-4-6-10(9)12/h3-6,8H,7,12H2,1-2H3,(H,13,14)/t8-/m1/s1. The number of carbonyl (C=O) groups is 1. The molecule has 0 saturated carbocycles. The Hall–Kier alpha value is -1.55. The normalized spacial score (nSPS) is 12.1. The summed E-state index contributed by atoms with van der Waals surface area (Å²) < 4.78 is 4.92. The van der Waals surface area contributed by atoms with Crippen LogP contribution < -0.4 is 11.1 Å². The van der Waals surface area contributed by atoms with Crippen molar-refractivity contribution >= 4 is 11.6 Å². The lowest BCUT2D eigenvalue weighted by Gasteiger charge is -2.13. The molecule has 4 heteroatoms. The Morgan fingerprint density at radius 3 is 2.80 bits per heavy atom. The number of para-hydroxylation sites is 1. The van der Waals surface area contributed by atoms with Gasteiger partial charge < -0.3 is 15.8 Å². The van der Waals surface area contributed by atoms with E-state index in [1.54, 1.807) is 31.4 Å². The van der Waals surface area contributed by atoms with E-state index in [2.05, 4.69) is 5.32 Å². The van der Waals surface area contributed by atoms with Crippen molar-refractivity contribution in [1.82, 2.24) is 5.32 Å². The van der Waals surface area contributed by atoms with Crippen LogP contribution in [-0.4, -0.2) is 25.7 Å². The Labute approximate surface area is 89.4 Å². The second-order valence-electron chi connectivity index (χ2n) is 3.42. The van der Waals surface area contributed by atoms with Crippen LogP contribution in [0.5, 0.6) is 0 Å². The number of benzene rings is 1. The van der Waals surface area contributed by atoms with Crippen LogP contribution in [-0.2, 0) is 4.74 Å². The molecule has 0 fully saturated rings. The number of hydrogen-bond donors (Lipinski definition) is 2. The van der Waals surface area contributed by atoms with E-state index < -0.39 is 0 Å². The van der Waals surface area contributed by atoms with Gasteiger partial charge in [-0.15, -0.1) is 0 Å². The van der Waals surface area contributed by atoms with Gasteiger partial charge in [0.05, 0.1) is 12.2 Å². The monoisotopic (exact) mass is 208 g/mol. The topological polar surface area (TPSA) is 64.3 Å². The van der Waals surface area contributed by atoms with E-state index in [1.165, 1.54) is 0 Å². The Morgan fingerprint density at radius 1 is 1.53 bits per heavy atom. The molecule has 0 saturated heterocycles. The fraction of sp³-hybridized carbons (Fsp3) is 0.364. The van der Waals surface area contributed by atoms with E-state index >= 15 is 0 Å². The molecule has 0 aliphatic carbocycles. The first-order valence-corrected chi connectivity index (χ1v) is 4.79. The van der Waals surface area contributed by atoms with Crippen LogP contribution in [0.3, 0.4) is 0 Å². The third-order valence-electron chi connectivity index (χ3n) is 2.00. The number of nitrogens with one attached hydrogen (secondary N) is 1. The lowest BCUT2D eigenvalue weighted by molar-refractivity contribution is 0.0906. The number of carbonyl (C=O) groups excluding carboxylic acids is 1. The fourth-order valence-corrected chi connectivity index (χ4v) is 1.30. The van der Waals surface area contributed by atoms with Gasteiger partial charge in [-0.1, -0.05) is 12.1 Å². The molecule has 0 aromatic heterocycles. The van der Waals surface area contributed by atoms with Gasteiger partial charge in [-0.25, -0.2) is 0 Å². The number of nitrogen functional groups attached to an aromatic ring is 1. The van der Waals surface area contributed by atoms with Gasteiger partial charge in [0.2, 0.25) is 0 Å². The van der Waals surface area contributed by atoms with Crippen LogP contribution in [0.25, 0.3) is 0 Å². The first-order valence-electron chi connectivity index (χ1n) is 4.79. The molecule has 0 unspecified atom stereocenters. The van der Waals surface area contributed by atoms with Crippen molar-refractivity contribution in [3.63, 3.8) is 0 Å². The maximum absolute atomic E-state index is 11.7. The molecule has 0 radical (unpaired) electrons. The van der Waals surface area contributed by atoms with Crippen LogP contribution in [0.4, 0.5) is 5.69 Å². The quantitative estimate of drug-likeness (QED) is 0.726. The van der Waals surface area contributed by atoms with Gasteiger partial charge in [-0.2, -0.15) is 0 Å². The predicted molar refractivity (Wildman–Crippen MR) is 59.7 cm³/mol. The van der Waals surface area contributed by atoms with E-state index in [4.69, 9.17) is 10.5 Å². The van der Waals surface area contributed by atoms with Crippen LogP contribution >= 0.6 is 0 Å². The third kappa shape index (κ3) is 3.25. The van der Waals surface area contributed by atoms with Crippen LogP contribution in [0, 0.1) is 0 Å². The zero-order chi connectivity index (χ0) is 11.3. The number of anilines is 1. The van der Waals surface area contributed by atoms with E-state index in [1.807, 2.05) is 6.92 Å². The molecule has 0 bridgehead atoms. The molecular weight excluding hydrogens is 192 g/mol. The van der Waals surface area contributed by atoms with E-state index in [0.717, 1.165) is 0 Å². The molecule has 0 heterocycles. The van der Waals surface area contributed by atoms with Crippen molar-refractivity contribution in [2.45, 2.75) is 13.0 Å². The first-order chi connectivity index (χ1) is 7.15. The van der Waals surface area contributed by atoms with Crippen molar-refractivity contribution < 1.29 is 9.53 Å². The van der Waals surface area contributed by atoms with Crippen LogP contribution in [0.2, 0.25) is 0 Å². The van der Waals surface area contributed by atoms with Crippen LogP contribution in [0.1, 0.15) is 17.3 Å². The van der Waals surface area contributed by atoms with Crippen molar-refractivity contribution in [3.05, 3.63) is 29.8 Å². The highest BCUT2D eigenvalue weighted by Gasteiger charge is 2.11. The lowest BCUT2D eigenvalue weighted by atomic mass is 10.1. The molecule has 15 heavy (non-hydrogen) atoms. The minimum absolute atomic E-state index is 0.0258. The van der Waals surface area contributed by atoms with Crippen molar-refractivity contribution in [3.8, 4) is 0 Å². The predicted octanol–water partition coefficient (Wildman–Crippen LogP) is 1.03. The van der Waals surface area contributed by atoms with Gasteiger partial charge in [-0.3, -0.25) is 4.79 Å². The van der Waals surface area contributed by atoms with Crippen molar-refractivity contribution in [2.24, 2.45) is 0 Å². The highest BCUT2D eigenvalue weighted by Crippen LogP contribution is 2.10. The zero-order valence-corrected chi connectivity index (χ0v) is 8.99. The van der Waals surface area contributed by atoms with Gasteiger partial charge in [0.25, 0.3) is 5.91 Å².